The van der Waals surface area contributed by atoms with E-state index in [-0.39, 0.29) is 25.9 Å². The van der Waals surface area contributed by atoms with E-state index >= 15 is 0 Å². The minimum absolute atomic E-state index is 0.119. The Kier molecular flexibility index (Phi) is 3.24. The summed E-state index contributed by atoms with van der Waals surface area (Å²) in [4.78, 5) is 22.9. The largest absolute Gasteiger partial charge is 0.322 e. The molecule has 19 heavy (non-hydrogen) atoms. The highest BCUT2D eigenvalue weighted by Crippen LogP contribution is 2.28. The van der Waals surface area contributed by atoms with E-state index in [0.29, 0.717) is 0 Å². The van der Waals surface area contributed by atoms with Crippen LogP contribution >= 0.6 is 0 Å². The lowest BCUT2D eigenvalue weighted by atomic mass is 10.00. The van der Waals surface area contributed by atoms with E-state index in [1.54, 1.807) is 13.0 Å². The van der Waals surface area contributed by atoms with Crippen molar-refractivity contribution < 1.29 is 18.0 Å². The van der Waals surface area contributed by atoms with Crippen LogP contribution < -0.4 is 10.6 Å². The van der Waals surface area contributed by atoms with Crippen LogP contribution in [-0.2, 0) is 14.8 Å². The summed E-state index contributed by atoms with van der Waals surface area (Å²) in [6, 6.07) is 1.14. The van der Waals surface area contributed by atoms with Gasteiger partial charge in [0.05, 0.1) is 6.07 Å². The van der Waals surface area contributed by atoms with Crippen LogP contribution in [0.25, 0.3) is 0 Å². The number of imide groups is 1. The van der Waals surface area contributed by atoms with Crippen LogP contribution in [0, 0.1) is 11.3 Å². The van der Waals surface area contributed by atoms with Crippen molar-refractivity contribution in [2.45, 2.75) is 30.6 Å². The normalized spacial score (nSPS) is 29.1. The van der Waals surface area contributed by atoms with Gasteiger partial charge in [0.15, 0.2) is 5.25 Å². The Balaban J connectivity index is 2.22. The summed E-state index contributed by atoms with van der Waals surface area (Å²) in [5.41, 5.74) is -1.18. The molecule has 3 amide bonds. The zero-order chi connectivity index (χ0) is 14.3. The Morgan fingerprint density at radius 1 is 1.53 bits per heavy atom. The monoisotopic (exact) mass is 286 g/mol. The van der Waals surface area contributed by atoms with Crippen LogP contribution in [0.1, 0.15) is 19.8 Å². The minimum atomic E-state index is -3.76. The van der Waals surface area contributed by atoms with Gasteiger partial charge in [0, 0.05) is 13.1 Å². The first kappa shape index (κ1) is 13.8. The number of amides is 3. The molecule has 1 spiro atoms. The van der Waals surface area contributed by atoms with Crippen molar-refractivity contribution in [2.75, 3.05) is 13.1 Å². The van der Waals surface area contributed by atoms with Gasteiger partial charge in [0.2, 0.25) is 10.0 Å². The van der Waals surface area contributed by atoms with Crippen molar-refractivity contribution in [1.29, 1.82) is 5.26 Å². The smallest absolute Gasteiger partial charge is 0.322 e. The Bertz CT molecular complexity index is 567. The number of nitrogens with one attached hydrogen (secondary N) is 2. The van der Waals surface area contributed by atoms with Crippen molar-refractivity contribution in [1.82, 2.24) is 14.9 Å². The summed E-state index contributed by atoms with van der Waals surface area (Å²) in [6.07, 6.45) is 0.395. The van der Waals surface area contributed by atoms with Gasteiger partial charge < -0.3 is 5.32 Å². The average Bonchev–Trinajstić information content (AvgIpc) is 2.86. The third-order valence-electron chi connectivity index (χ3n) is 3.48. The lowest BCUT2D eigenvalue weighted by Crippen LogP contribution is -2.50. The molecule has 0 bridgehead atoms. The standard InChI is InChI=1S/C10H14N4O4S/c1-2-7(5-11)19(17,18)14-4-3-10(6-14)8(15)12-9(16)13-10/h7H,2-4,6H2,1H3,(H2,12,13,15,16). The molecule has 2 fully saturated rings. The van der Waals surface area contributed by atoms with Crippen molar-refractivity contribution in [3.8, 4) is 6.07 Å². The van der Waals surface area contributed by atoms with Gasteiger partial charge in [-0.1, -0.05) is 6.92 Å². The number of nitriles is 1. The molecule has 0 aromatic rings. The molecular formula is C10H14N4O4S. The number of urea groups is 1. The van der Waals surface area contributed by atoms with Crippen LogP contribution in [0.2, 0.25) is 0 Å². The fourth-order valence-electron chi connectivity index (χ4n) is 2.36. The van der Waals surface area contributed by atoms with Gasteiger partial charge in [-0.25, -0.2) is 13.2 Å². The van der Waals surface area contributed by atoms with Crippen molar-refractivity contribution in [3.05, 3.63) is 0 Å². The summed E-state index contributed by atoms with van der Waals surface area (Å²) >= 11 is 0. The summed E-state index contributed by atoms with van der Waals surface area (Å²) in [5, 5.41) is 12.3. The summed E-state index contributed by atoms with van der Waals surface area (Å²) < 4.78 is 25.5. The van der Waals surface area contributed by atoms with Gasteiger partial charge in [-0.05, 0) is 12.8 Å². The summed E-state index contributed by atoms with van der Waals surface area (Å²) in [6.45, 7) is 1.61. The number of carbonyl (C=O) groups is 2. The molecule has 2 rings (SSSR count). The van der Waals surface area contributed by atoms with Crippen molar-refractivity contribution in [2.24, 2.45) is 0 Å². The number of nitrogens with zero attached hydrogens (tertiary/aromatic N) is 2. The average molecular weight is 286 g/mol. The molecule has 8 nitrogen and oxygen atoms in total. The first-order valence-corrected chi connectivity index (χ1v) is 7.38. The predicted molar refractivity (Wildman–Crippen MR) is 64.2 cm³/mol. The molecule has 2 saturated heterocycles. The molecule has 0 radical (unpaired) electrons. The van der Waals surface area contributed by atoms with Gasteiger partial charge in [-0.3, -0.25) is 10.1 Å². The topological polar surface area (TPSA) is 119 Å². The quantitative estimate of drug-likeness (QED) is 0.638. The van der Waals surface area contributed by atoms with E-state index in [1.165, 1.54) is 0 Å². The van der Waals surface area contributed by atoms with Gasteiger partial charge in [0.25, 0.3) is 5.91 Å². The van der Waals surface area contributed by atoms with E-state index in [2.05, 4.69) is 10.6 Å². The molecule has 0 saturated carbocycles. The Morgan fingerprint density at radius 3 is 2.68 bits per heavy atom. The van der Waals surface area contributed by atoms with E-state index in [9.17, 15) is 18.0 Å². The molecule has 0 aliphatic carbocycles. The number of carbonyl (C=O) groups excluding carboxylic acids is 2. The van der Waals surface area contributed by atoms with Crippen LogP contribution in [-0.4, -0.2) is 48.5 Å². The van der Waals surface area contributed by atoms with Crippen LogP contribution in [0.5, 0.6) is 0 Å². The fourth-order valence-corrected chi connectivity index (χ4v) is 4.02. The predicted octanol–water partition coefficient (Wildman–Crippen LogP) is -1.10. The first-order chi connectivity index (χ1) is 8.85. The van der Waals surface area contributed by atoms with Crippen LogP contribution in [0.4, 0.5) is 4.79 Å². The molecule has 2 aliphatic heterocycles. The lowest BCUT2D eigenvalue weighted by Gasteiger charge is -2.22. The third-order valence-corrected chi connectivity index (χ3v) is 5.67. The number of hydrogen-bond donors (Lipinski definition) is 2. The molecule has 2 N–H and O–H groups in total. The Morgan fingerprint density at radius 2 is 2.21 bits per heavy atom. The maximum absolute atomic E-state index is 12.2. The molecular weight excluding hydrogens is 272 g/mol. The molecule has 9 heteroatoms. The molecule has 2 atom stereocenters. The number of rotatable bonds is 3. The van der Waals surface area contributed by atoms with Gasteiger partial charge in [-0.15, -0.1) is 0 Å². The lowest BCUT2D eigenvalue weighted by molar-refractivity contribution is -0.123. The highest BCUT2D eigenvalue weighted by Gasteiger charge is 2.53. The van der Waals surface area contributed by atoms with E-state index < -0.39 is 32.8 Å². The zero-order valence-corrected chi connectivity index (χ0v) is 11.2. The summed E-state index contributed by atoms with van der Waals surface area (Å²) in [5.74, 6) is -0.514. The van der Waals surface area contributed by atoms with Crippen LogP contribution in [0.15, 0.2) is 0 Å². The SMILES string of the molecule is CCC(C#N)S(=O)(=O)N1CCC2(C1)NC(=O)NC2=O. The van der Waals surface area contributed by atoms with Gasteiger partial charge >= 0.3 is 6.03 Å². The molecule has 0 aromatic heterocycles. The second kappa shape index (κ2) is 4.47. The van der Waals surface area contributed by atoms with E-state index in [4.69, 9.17) is 5.26 Å². The molecule has 2 aliphatic rings. The third kappa shape index (κ3) is 2.06. The van der Waals surface area contributed by atoms with Crippen molar-refractivity contribution >= 4 is 22.0 Å². The Labute approximate surface area is 110 Å². The maximum atomic E-state index is 12.2. The van der Waals surface area contributed by atoms with Crippen LogP contribution in [0.3, 0.4) is 0 Å². The zero-order valence-electron chi connectivity index (χ0n) is 10.3. The number of hydrogen-bond acceptors (Lipinski definition) is 5. The number of sulfonamides is 1. The van der Waals surface area contributed by atoms with Crippen molar-refractivity contribution in [3.63, 3.8) is 0 Å². The molecule has 0 aromatic carbocycles. The Hall–Kier alpha value is -1.66. The second-order valence-electron chi connectivity index (χ2n) is 4.64. The van der Waals surface area contributed by atoms with Gasteiger partial charge in [0.1, 0.15) is 5.54 Å². The molecule has 2 heterocycles. The minimum Gasteiger partial charge on any atom is -0.322 e. The highest BCUT2D eigenvalue weighted by atomic mass is 32.2. The van der Waals surface area contributed by atoms with Gasteiger partial charge in [-0.2, -0.15) is 9.57 Å². The molecule has 2 unspecified atom stereocenters. The van der Waals surface area contributed by atoms with E-state index in [1.807, 2.05) is 0 Å². The molecule has 104 valence electrons. The fraction of sp³-hybridized carbons (Fsp3) is 0.700. The van der Waals surface area contributed by atoms with E-state index in [0.717, 1.165) is 4.31 Å². The second-order valence-corrected chi connectivity index (χ2v) is 6.76. The maximum Gasteiger partial charge on any atom is 0.322 e. The summed E-state index contributed by atoms with van der Waals surface area (Å²) in [7, 11) is -3.76. The highest BCUT2D eigenvalue weighted by molar-refractivity contribution is 7.90. The first-order valence-electron chi connectivity index (χ1n) is 5.88.